The molecule has 3 aromatic heterocycles. The minimum atomic E-state index is -2.80. The Kier molecular flexibility index (Phi) is 6.30. The van der Waals surface area contributed by atoms with Crippen LogP contribution in [0.2, 0.25) is 0 Å². The standard InChI is InChI=1S/C22H22F2N6O4/c1-2-3-8-29-18(25)16(20(31)28-22(29)33)30(11-13-5-4-9-34-13)21(32)12-6-7-14-15(10-12)27-19(26-14)17(23)24/h4-7,9-10,17H,2-3,8,11,25H2,1H3,(H,26,27)(H,28,31,33). The van der Waals surface area contributed by atoms with Gasteiger partial charge in [-0.05, 0) is 36.8 Å². The largest absolute Gasteiger partial charge is 0.467 e. The number of aromatic amines is 2. The molecular formula is C22H22F2N6O4. The van der Waals surface area contributed by atoms with Crippen molar-refractivity contribution in [3.8, 4) is 0 Å². The van der Waals surface area contributed by atoms with Crippen molar-refractivity contribution < 1.29 is 18.0 Å². The van der Waals surface area contributed by atoms with Gasteiger partial charge in [0.05, 0.1) is 23.8 Å². The van der Waals surface area contributed by atoms with Gasteiger partial charge in [0.2, 0.25) is 0 Å². The molecule has 0 atom stereocenters. The van der Waals surface area contributed by atoms with Gasteiger partial charge >= 0.3 is 5.69 Å². The van der Waals surface area contributed by atoms with E-state index < -0.39 is 29.4 Å². The van der Waals surface area contributed by atoms with Crippen LogP contribution in [0.5, 0.6) is 0 Å². The van der Waals surface area contributed by atoms with E-state index in [9.17, 15) is 23.2 Å². The Morgan fingerprint density at radius 1 is 1.26 bits per heavy atom. The topological polar surface area (TPSA) is 143 Å². The van der Waals surface area contributed by atoms with Crippen molar-refractivity contribution in [1.29, 1.82) is 0 Å². The number of hydrogen-bond donors (Lipinski definition) is 3. The van der Waals surface area contributed by atoms with E-state index >= 15 is 0 Å². The fraction of sp³-hybridized carbons (Fsp3) is 0.273. The van der Waals surface area contributed by atoms with Gasteiger partial charge < -0.3 is 15.1 Å². The number of hydrogen-bond acceptors (Lipinski definition) is 6. The zero-order chi connectivity index (χ0) is 24.4. The molecule has 0 unspecified atom stereocenters. The molecule has 0 radical (unpaired) electrons. The van der Waals surface area contributed by atoms with E-state index in [-0.39, 0.29) is 41.2 Å². The number of imidazole rings is 1. The number of carbonyl (C=O) groups excluding carboxylic acids is 1. The van der Waals surface area contributed by atoms with Crippen LogP contribution in [0.25, 0.3) is 11.0 Å². The van der Waals surface area contributed by atoms with Gasteiger partial charge in [0, 0.05) is 12.1 Å². The summed E-state index contributed by atoms with van der Waals surface area (Å²) in [5.74, 6) is -0.967. The Hall–Kier alpha value is -4.22. The van der Waals surface area contributed by atoms with Gasteiger partial charge in [0.15, 0.2) is 11.5 Å². The van der Waals surface area contributed by atoms with Crippen molar-refractivity contribution in [3.05, 3.63) is 74.6 Å². The number of rotatable bonds is 8. The Balaban J connectivity index is 1.83. The van der Waals surface area contributed by atoms with Gasteiger partial charge in [0.25, 0.3) is 17.9 Å². The molecule has 0 bridgehead atoms. The summed E-state index contributed by atoms with van der Waals surface area (Å²) in [5, 5.41) is 0. The molecule has 0 aliphatic heterocycles. The van der Waals surface area contributed by atoms with Gasteiger partial charge in [-0.15, -0.1) is 0 Å². The molecule has 0 fully saturated rings. The number of furan rings is 1. The molecule has 4 N–H and O–H groups in total. The number of benzene rings is 1. The number of unbranched alkanes of at least 4 members (excludes halogenated alkanes) is 1. The van der Waals surface area contributed by atoms with E-state index in [0.717, 1.165) is 11.3 Å². The number of aromatic nitrogens is 4. The molecule has 10 nitrogen and oxygen atoms in total. The minimum absolute atomic E-state index is 0.0913. The number of alkyl halides is 2. The summed E-state index contributed by atoms with van der Waals surface area (Å²) in [4.78, 5) is 48.3. The van der Waals surface area contributed by atoms with E-state index in [1.54, 1.807) is 12.1 Å². The maximum atomic E-state index is 13.6. The average Bonchev–Trinajstić information content (AvgIpc) is 3.47. The Bertz CT molecular complexity index is 1440. The Morgan fingerprint density at radius 3 is 2.74 bits per heavy atom. The average molecular weight is 472 g/mol. The van der Waals surface area contributed by atoms with Crippen LogP contribution in [0.1, 0.15) is 48.1 Å². The summed E-state index contributed by atoms with van der Waals surface area (Å²) in [6, 6.07) is 7.43. The third-order valence-corrected chi connectivity index (χ3v) is 5.31. The van der Waals surface area contributed by atoms with E-state index in [1.807, 2.05) is 6.92 Å². The third kappa shape index (κ3) is 4.34. The zero-order valence-corrected chi connectivity index (χ0v) is 18.2. The summed E-state index contributed by atoms with van der Waals surface area (Å²) < 4.78 is 32.6. The summed E-state index contributed by atoms with van der Waals surface area (Å²) in [6.45, 7) is 2.03. The fourth-order valence-corrected chi connectivity index (χ4v) is 3.61. The molecule has 1 aromatic carbocycles. The highest BCUT2D eigenvalue weighted by molar-refractivity contribution is 6.08. The lowest BCUT2D eigenvalue weighted by Gasteiger charge is -2.24. The van der Waals surface area contributed by atoms with Crippen molar-refractivity contribution in [2.24, 2.45) is 0 Å². The van der Waals surface area contributed by atoms with Crippen molar-refractivity contribution in [2.45, 2.75) is 39.3 Å². The van der Waals surface area contributed by atoms with Crippen molar-refractivity contribution in [1.82, 2.24) is 19.5 Å². The highest BCUT2D eigenvalue weighted by Gasteiger charge is 2.27. The zero-order valence-electron chi connectivity index (χ0n) is 18.2. The number of anilines is 2. The number of carbonyl (C=O) groups is 1. The third-order valence-electron chi connectivity index (χ3n) is 5.31. The van der Waals surface area contributed by atoms with Gasteiger partial charge in [-0.25, -0.2) is 18.6 Å². The molecule has 34 heavy (non-hydrogen) atoms. The van der Waals surface area contributed by atoms with Crippen LogP contribution in [0.4, 0.5) is 20.3 Å². The van der Waals surface area contributed by atoms with Crippen LogP contribution in [-0.2, 0) is 13.1 Å². The van der Waals surface area contributed by atoms with Gasteiger partial charge in [-0.3, -0.25) is 24.0 Å². The normalized spacial score (nSPS) is 11.4. The second-order valence-electron chi connectivity index (χ2n) is 7.62. The molecule has 0 saturated carbocycles. The Morgan fingerprint density at radius 2 is 2.06 bits per heavy atom. The molecule has 3 heterocycles. The van der Waals surface area contributed by atoms with E-state index in [2.05, 4.69) is 15.0 Å². The lowest BCUT2D eigenvalue weighted by molar-refractivity contribution is 0.0983. The second-order valence-corrected chi connectivity index (χ2v) is 7.62. The van der Waals surface area contributed by atoms with Gasteiger partial charge in [0.1, 0.15) is 11.6 Å². The van der Waals surface area contributed by atoms with E-state index in [0.29, 0.717) is 12.2 Å². The maximum absolute atomic E-state index is 13.6. The molecule has 178 valence electrons. The first-order valence-electron chi connectivity index (χ1n) is 10.5. The molecule has 0 aliphatic rings. The number of fused-ring (bicyclic) bond motifs is 1. The number of H-pyrrole nitrogens is 2. The quantitative estimate of drug-likeness (QED) is 0.359. The number of nitrogens with two attached hydrogens (primary N) is 1. The summed E-state index contributed by atoms with van der Waals surface area (Å²) in [6.07, 6.45) is 0.0192. The smallest absolute Gasteiger partial charge is 0.330 e. The van der Waals surface area contributed by atoms with Crippen LogP contribution < -0.4 is 21.9 Å². The number of halogens is 2. The van der Waals surface area contributed by atoms with Crippen molar-refractivity contribution >= 4 is 28.4 Å². The van der Waals surface area contributed by atoms with Crippen LogP contribution in [0.3, 0.4) is 0 Å². The molecule has 1 amide bonds. The Labute approximate surface area is 191 Å². The van der Waals surface area contributed by atoms with Crippen LogP contribution in [-0.4, -0.2) is 25.4 Å². The molecule has 0 saturated heterocycles. The summed E-state index contributed by atoms with van der Waals surface area (Å²) in [7, 11) is 0. The van der Waals surface area contributed by atoms with E-state index in [4.69, 9.17) is 10.2 Å². The number of amides is 1. The van der Waals surface area contributed by atoms with Gasteiger partial charge in [-0.1, -0.05) is 13.3 Å². The highest BCUT2D eigenvalue weighted by Crippen LogP contribution is 2.25. The first-order valence-corrected chi connectivity index (χ1v) is 10.5. The maximum Gasteiger partial charge on any atom is 0.330 e. The molecule has 4 rings (SSSR count). The predicted molar refractivity (Wildman–Crippen MR) is 121 cm³/mol. The lowest BCUT2D eigenvalue weighted by atomic mass is 10.1. The van der Waals surface area contributed by atoms with Crippen LogP contribution >= 0.6 is 0 Å². The van der Waals surface area contributed by atoms with Crippen molar-refractivity contribution in [3.63, 3.8) is 0 Å². The first kappa shape index (κ1) is 23.0. The second kappa shape index (κ2) is 9.33. The molecule has 12 heteroatoms. The molecule has 0 aliphatic carbocycles. The first-order chi connectivity index (χ1) is 16.3. The summed E-state index contributed by atoms with van der Waals surface area (Å²) >= 11 is 0. The fourth-order valence-electron chi connectivity index (χ4n) is 3.61. The molecular weight excluding hydrogens is 450 g/mol. The SMILES string of the molecule is CCCCn1c(N)c(N(Cc2ccco2)C(=O)c2ccc3nc(C(F)F)[nH]c3c2)c(=O)[nH]c1=O. The molecule has 4 aromatic rings. The summed E-state index contributed by atoms with van der Waals surface area (Å²) in [5.41, 5.74) is 5.07. The monoisotopic (exact) mass is 472 g/mol. The highest BCUT2D eigenvalue weighted by atomic mass is 19.3. The lowest BCUT2D eigenvalue weighted by Crippen LogP contribution is -2.41. The number of nitrogens with one attached hydrogen (secondary N) is 2. The van der Waals surface area contributed by atoms with Crippen molar-refractivity contribution in [2.75, 3.05) is 10.6 Å². The van der Waals surface area contributed by atoms with Crippen LogP contribution in [0.15, 0.2) is 50.6 Å². The van der Waals surface area contributed by atoms with Gasteiger partial charge in [-0.2, -0.15) is 0 Å². The predicted octanol–water partition coefficient (Wildman–Crippen LogP) is 3.17. The van der Waals surface area contributed by atoms with Crippen LogP contribution in [0, 0.1) is 0 Å². The number of nitrogens with zero attached hydrogens (tertiary/aromatic N) is 3. The molecule has 0 spiro atoms. The number of nitrogen functional groups attached to an aromatic ring is 1. The minimum Gasteiger partial charge on any atom is -0.467 e. The van der Waals surface area contributed by atoms with E-state index in [1.165, 1.54) is 29.0 Å².